The predicted molar refractivity (Wildman–Crippen MR) is 85.2 cm³/mol. The van der Waals surface area contributed by atoms with E-state index in [9.17, 15) is 14.4 Å². The van der Waals surface area contributed by atoms with Crippen molar-refractivity contribution in [1.82, 2.24) is 9.13 Å². The number of hydrogen-bond donors (Lipinski definition) is 0. The van der Waals surface area contributed by atoms with Crippen molar-refractivity contribution in [3.8, 4) is 0 Å². The first-order valence-electron chi connectivity index (χ1n) is 7.31. The Kier molecular flexibility index (Phi) is 3.78. The molecule has 22 heavy (non-hydrogen) atoms. The molecular weight excluding hydrogens is 304 g/mol. The molecule has 0 aromatic carbocycles. The first-order chi connectivity index (χ1) is 10.5. The summed E-state index contributed by atoms with van der Waals surface area (Å²) in [6.45, 7) is 6.49. The molecule has 1 saturated heterocycles. The standard InChI is InChI=1S/C15H18N2O4S/c1-8(2)17-13(19)12-9(3)11(7-18)22-14(12)16(15(17)20)6-10-4-5-21-10/h7-8,10H,4-6H2,1-3H3. The number of ether oxygens (including phenoxy) is 1. The van der Waals surface area contributed by atoms with Crippen molar-refractivity contribution < 1.29 is 9.53 Å². The van der Waals surface area contributed by atoms with Crippen molar-refractivity contribution in [3.05, 3.63) is 31.3 Å². The Balaban J connectivity index is 2.37. The number of aldehydes is 1. The van der Waals surface area contributed by atoms with Crippen LogP contribution in [0, 0.1) is 6.92 Å². The van der Waals surface area contributed by atoms with E-state index in [1.807, 2.05) is 0 Å². The molecule has 1 fully saturated rings. The molecule has 1 aliphatic heterocycles. The van der Waals surface area contributed by atoms with Gasteiger partial charge in [-0.25, -0.2) is 4.79 Å². The summed E-state index contributed by atoms with van der Waals surface area (Å²) >= 11 is 1.20. The zero-order valence-electron chi connectivity index (χ0n) is 12.8. The van der Waals surface area contributed by atoms with Gasteiger partial charge >= 0.3 is 5.69 Å². The molecule has 0 amide bonds. The summed E-state index contributed by atoms with van der Waals surface area (Å²) in [6.07, 6.45) is 1.65. The van der Waals surface area contributed by atoms with E-state index in [-0.39, 0.29) is 23.4 Å². The van der Waals surface area contributed by atoms with Gasteiger partial charge in [-0.15, -0.1) is 11.3 Å². The Labute approximate surface area is 130 Å². The van der Waals surface area contributed by atoms with Crippen molar-refractivity contribution in [2.45, 2.75) is 45.9 Å². The van der Waals surface area contributed by atoms with Gasteiger partial charge in [-0.3, -0.25) is 18.7 Å². The molecule has 0 bridgehead atoms. The highest BCUT2D eigenvalue weighted by Crippen LogP contribution is 2.27. The van der Waals surface area contributed by atoms with Crippen molar-refractivity contribution in [3.63, 3.8) is 0 Å². The first-order valence-corrected chi connectivity index (χ1v) is 8.12. The molecule has 1 unspecified atom stereocenters. The maximum Gasteiger partial charge on any atom is 0.332 e. The summed E-state index contributed by atoms with van der Waals surface area (Å²) in [5.41, 5.74) is 0.00186. The van der Waals surface area contributed by atoms with Gasteiger partial charge in [-0.1, -0.05) is 0 Å². The molecule has 0 radical (unpaired) electrons. The molecule has 0 N–H and O–H groups in total. The second-order valence-electron chi connectivity index (χ2n) is 5.83. The van der Waals surface area contributed by atoms with Crippen LogP contribution in [0.3, 0.4) is 0 Å². The molecule has 2 aromatic heterocycles. The van der Waals surface area contributed by atoms with E-state index < -0.39 is 0 Å². The minimum Gasteiger partial charge on any atom is -0.376 e. The third-order valence-electron chi connectivity index (χ3n) is 4.08. The van der Waals surface area contributed by atoms with Gasteiger partial charge in [0.2, 0.25) is 0 Å². The highest BCUT2D eigenvalue weighted by Gasteiger charge is 2.25. The Morgan fingerprint density at radius 1 is 1.41 bits per heavy atom. The second-order valence-corrected chi connectivity index (χ2v) is 6.86. The van der Waals surface area contributed by atoms with E-state index in [2.05, 4.69) is 0 Å². The molecule has 0 aliphatic carbocycles. The van der Waals surface area contributed by atoms with Crippen molar-refractivity contribution in [2.24, 2.45) is 0 Å². The van der Waals surface area contributed by atoms with Gasteiger partial charge in [0.1, 0.15) is 4.83 Å². The number of aromatic nitrogens is 2. The average Bonchev–Trinajstić information content (AvgIpc) is 2.73. The monoisotopic (exact) mass is 322 g/mol. The molecular formula is C15H18N2O4S. The Hall–Kier alpha value is -1.73. The molecule has 118 valence electrons. The van der Waals surface area contributed by atoms with Crippen molar-refractivity contribution >= 4 is 27.8 Å². The number of carbonyl (C=O) groups is 1. The summed E-state index contributed by atoms with van der Waals surface area (Å²) < 4.78 is 8.27. The van der Waals surface area contributed by atoms with Crippen LogP contribution in [0.2, 0.25) is 0 Å². The summed E-state index contributed by atoms with van der Waals surface area (Å²) in [7, 11) is 0. The molecule has 0 saturated carbocycles. The molecule has 0 spiro atoms. The van der Waals surface area contributed by atoms with Crippen LogP contribution in [0.15, 0.2) is 9.59 Å². The lowest BCUT2D eigenvalue weighted by molar-refractivity contribution is -0.0593. The van der Waals surface area contributed by atoms with E-state index >= 15 is 0 Å². The number of fused-ring (bicyclic) bond motifs is 1. The van der Waals surface area contributed by atoms with Gasteiger partial charge in [0.25, 0.3) is 5.56 Å². The molecule has 3 heterocycles. The van der Waals surface area contributed by atoms with Crippen LogP contribution in [-0.4, -0.2) is 28.1 Å². The highest BCUT2D eigenvalue weighted by atomic mass is 32.1. The molecule has 7 heteroatoms. The normalized spacial score (nSPS) is 17.9. The van der Waals surface area contributed by atoms with E-state index in [0.29, 0.717) is 33.8 Å². The predicted octanol–water partition coefficient (Wildman–Crippen LogP) is 1.72. The quantitative estimate of drug-likeness (QED) is 0.804. The van der Waals surface area contributed by atoms with Crippen LogP contribution < -0.4 is 11.2 Å². The van der Waals surface area contributed by atoms with Gasteiger partial charge in [-0.2, -0.15) is 0 Å². The third-order valence-corrected chi connectivity index (χ3v) is 5.32. The largest absolute Gasteiger partial charge is 0.376 e. The molecule has 6 nitrogen and oxygen atoms in total. The Bertz CT molecular complexity index is 855. The molecule has 1 atom stereocenters. The van der Waals surface area contributed by atoms with Crippen LogP contribution in [0.4, 0.5) is 0 Å². The SMILES string of the molecule is Cc1c(C=O)sc2c1c(=O)n(C(C)C)c(=O)n2CC1CCO1. The number of thiophene rings is 1. The summed E-state index contributed by atoms with van der Waals surface area (Å²) in [6, 6.07) is -0.239. The third kappa shape index (κ3) is 2.16. The summed E-state index contributed by atoms with van der Waals surface area (Å²) in [5, 5.41) is 0.472. The van der Waals surface area contributed by atoms with Crippen LogP contribution in [-0.2, 0) is 11.3 Å². The summed E-state index contributed by atoms with van der Waals surface area (Å²) in [4.78, 5) is 37.7. The van der Waals surface area contributed by atoms with E-state index in [1.165, 1.54) is 15.9 Å². The van der Waals surface area contributed by atoms with E-state index in [1.54, 1.807) is 25.3 Å². The Morgan fingerprint density at radius 2 is 2.09 bits per heavy atom. The fourth-order valence-electron chi connectivity index (χ4n) is 2.74. The number of rotatable bonds is 4. The fourth-order valence-corrected chi connectivity index (χ4v) is 3.86. The second kappa shape index (κ2) is 5.48. The summed E-state index contributed by atoms with van der Waals surface area (Å²) in [5.74, 6) is 0. The minimum atomic E-state index is -0.332. The topological polar surface area (TPSA) is 70.3 Å². The Morgan fingerprint density at radius 3 is 2.59 bits per heavy atom. The molecule has 1 aliphatic rings. The fraction of sp³-hybridized carbons (Fsp3) is 0.533. The van der Waals surface area contributed by atoms with Gasteiger partial charge in [0, 0.05) is 12.6 Å². The smallest absolute Gasteiger partial charge is 0.332 e. The zero-order valence-corrected chi connectivity index (χ0v) is 13.6. The van der Waals surface area contributed by atoms with Crippen molar-refractivity contribution in [2.75, 3.05) is 6.61 Å². The van der Waals surface area contributed by atoms with Gasteiger partial charge in [0.15, 0.2) is 6.29 Å². The highest BCUT2D eigenvalue weighted by molar-refractivity contribution is 7.20. The maximum absolute atomic E-state index is 12.7. The number of carbonyl (C=O) groups excluding carboxylic acids is 1. The lowest BCUT2D eigenvalue weighted by atomic mass is 10.2. The van der Waals surface area contributed by atoms with E-state index in [0.717, 1.165) is 12.7 Å². The maximum atomic E-state index is 12.7. The number of nitrogens with zero attached hydrogens (tertiary/aromatic N) is 2. The van der Waals surface area contributed by atoms with Crippen LogP contribution in [0.5, 0.6) is 0 Å². The number of aryl methyl sites for hydroxylation is 1. The van der Waals surface area contributed by atoms with Gasteiger partial charge in [0.05, 0.1) is 22.9 Å². The minimum absolute atomic E-state index is 0.00102. The zero-order chi connectivity index (χ0) is 16.0. The van der Waals surface area contributed by atoms with Crippen LogP contribution in [0.25, 0.3) is 10.2 Å². The number of hydrogen-bond acceptors (Lipinski definition) is 5. The van der Waals surface area contributed by atoms with Crippen LogP contribution >= 0.6 is 11.3 Å². The molecule has 2 aromatic rings. The molecule has 3 rings (SSSR count). The average molecular weight is 322 g/mol. The van der Waals surface area contributed by atoms with Crippen molar-refractivity contribution in [1.29, 1.82) is 0 Å². The van der Waals surface area contributed by atoms with Gasteiger partial charge < -0.3 is 4.74 Å². The lowest BCUT2D eigenvalue weighted by Gasteiger charge is -2.27. The van der Waals surface area contributed by atoms with Gasteiger partial charge in [-0.05, 0) is 32.8 Å². The van der Waals surface area contributed by atoms with Crippen LogP contribution in [0.1, 0.15) is 41.5 Å². The lowest BCUT2D eigenvalue weighted by Crippen LogP contribution is -2.44. The van der Waals surface area contributed by atoms with E-state index in [4.69, 9.17) is 4.74 Å². The first kappa shape index (κ1) is 15.2.